The van der Waals surface area contributed by atoms with Crippen LogP contribution in [0.4, 0.5) is 22.0 Å². The quantitative estimate of drug-likeness (QED) is 0.397. The highest BCUT2D eigenvalue weighted by molar-refractivity contribution is 5.65. The van der Waals surface area contributed by atoms with Crippen LogP contribution < -0.4 is 0 Å². The molecule has 0 aromatic heterocycles. The number of allylic oxidation sites excluding steroid dienone is 1. The average molecular weight is 402 g/mol. The zero-order valence-electron chi connectivity index (χ0n) is 16.1. The summed E-state index contributed by atoms with van der Waals surface area (Å²) in [5.41, 5.74) is 0.992. The van der Waals surface area contributed by atoms with E-state index in [2.05, 4.69) is 6.58 Å². The van der Waals surface area contributed by atoms with Crippen molar-refractivity contribution >= 4 is 5.57 Å². The van der Waals surface area contributed by atoms with Gasteiger partial charge in [0.2, 0.25) is 0 Å². The van der Waals surface area contributed by atoms with Crippen molar-refractivity contribution in [3.8, 4) is 11.1 Å². The molecule has 0 radical (unpaired) electrons. The van der Waals surface area contributed by atoms with Gasteiger partial charge in [0.15, 0.2) is 0 Å². The van der Waals surface area contributed by atoms with Gasteiger partial charge in [-0.3, -0.25) is 0 Å². The van der Waals surface area contributed by atoms with E-state index >= 15 is 0 Å². The van der Waals surface area contributed by atoms with Gasteiger partial charge in [0, 0.05) is 16.7 Å². The molecule has 0 bridgehead atoms. The van der Waals surface area contributed by atoms with Crippen LogP contribution in [0.5, 0.6) is 0 Å². The molecule has 0 saturated carbocycles. The number of hydrogen-bond acceptors (Lipinski definition) is 0. The summed E-state index contributed by atoms with van der Waals surface area (Å²) in [4.78, 5) is 0. The fraction of sp³-hybridized carbons (Fsp3) is 0.167. The molecule has 0 amide bonds. The van der Waals surface area contributed by atoms with Crippen LogP contribution in [0, 0.1) is 36.0 Å². The highest BCUT2D eigenvalue weighted by Crippen LogP contribution is 2.28. The first-order valence-corrected chi connectivity index (χ1v) is 9.05. The van der Waals surface area contributed by atoms with Gasteiger partial charge in [0.05, 0.1) is 0 Å². The number of benzene rings is 3. The SMILES string of the molecule is C=C(C)c1c(F)cc(CCc2c(F)cc(-c3ccc(C)cc3F)cc2F)cc1F. The summed E-state index contributed by atoms with van der Waals surface area (Å²) >= 11 is 0. The standard InChI is InChI=1S/C24H19F5/c1-13(2)24-22(28)9-15(10-23(24)29)5-7-18-20(26)11-16(12-21(18)27)17-6-4-14(3)8-19(17)25/h4,6,8-12H,1,5,7H2,2-3H3. The highest BCUT2D eigenvalue weighted by Gasteiger charge is 2.16. The summed E-state index contributed by atoms with van der Waals surface area (Å²) in [6.07, 6.45) is -0.0595. The monoisotopic (exact) mass is 402 g/mol. The molecule has 3 rings (SSSR count). The summed E-state index contributed by atoms with van der Waals surface area (Å²) in [5.74, 6) is -3.77. The van der Waals surface area contributed by atoms with Gasteiger partial charge in [-0.2, -0.15) is 0 Å². The minimum Gasteiger partial charge on any atom is -0.207 e. The van der Waals surface area contributed by atoms with E-state index in [1.807, 2.05) is 0 Å². The first-order chi connectivity index (χ1) is 13.7. The van der Waals surface area contributed by atoms with E-state index in [9.17, 15) is 22.0 Å². The van der Waals surface area contributed by atoms with E-state index in [0.717, 1.165) is 24.3 Å². The van der Waals surface area contributed by atoms with Crippen LogP contribution in [0.1, 0.15) is 29.2 Å². The van der Waals surface area contributed by atoms with E-state index in [-0.39, 0.29) is 46.2 Å². The Labute approximate surface area is 166 Å². The molecule has 0 aliphatic carbocycles. The lowest BCUT2D eigenvalue weighted by Gasteiger charge is -2.11. The molecule has 5 heteroatoms. The minimum atomic E-state index is -0.834. The van der Waals surface area contributed by atoms with Crippen LogP contribution in [0.3, 0.4) is 0 Å². The third-order valence-corrected chi connectivity index (χ3v) is 4.77. The largest absolute Gasteiger partial charge is 0.207 e. The van der Waals surface area contributed by atoms with E-state index in [1.54, 1.807) is 13.0 Å². The fourth-order valence-electron chi connectivity index (χ4n) is 3.30. The number of hydrogen-bond donors (Lipinski definition) is 0. The molecule has 0 saturated heterocycles. The molecular weight excluding hydrogens is 383 g/mol. The van der Waals surface area contributed by atoms with Gasteiger partial charge in [-0.1, -0.05) is 18.7 Å². The normalized spacial score (nSPS) is 11.0. The van der Waals surface area contributed by atoms with Gasteiger partial charge >= 0.3 is 0 Å². The van der Waals surface area contributed by atoms with Crippen molar-refractivity contribution in [3.63, 3.8) is 0 Å². The molecule has 0 nitrogen and oxygen atoms in total. The van der Waals surface area contributed by atoms with E-state index in [4.69, 9.17) is 0 Å². The number of aryl methyl sites for hydroxylation is 2. The minimum absolute atomic E-state index is 0.0381. The van der Waals surface area contributed by atoms with Gasteiger partial charge in [-0.25, -0.2) is 22.0 Å². The van der Waals surface area contributed by atoms with Crippen molar-refractivity contribution in [1.82, 2.24) is 0 Å². The maximum atomic E-state index is 14.5. The average Bonchev–Trinajstić information content (AvgIpc) is 2.59. The molecular formula is C24H19F5. The lowest BCUT2D eigenvalue weighted by molar-refractivity contribution is 0.553. The summed E-state index contributed by atoms with van der Waals surface area (Å²) in [6.45, 7) is 6.74. The molecule has 0 N–H and O–H groups in total. The predicted molar refractivity (Wildman–Crippen MR) is 105 cm³/mol. The van der Waals surface area contributed by atoms with Crippen LogP contribution in [0.15, 0.2) is 49.0 Å². The van der Waals surface area contributed by atoms with Gasteiger partial charge in [0.25, 0.3) is 0 Å². The molecule has 150 valence electrons. The zero-order valence-corrected chi connectivity index (χ0v) is 16.1. The molecule has 29 heavy (non-hydrogen) atoms. The molecule has 0 heterocycles. The summed E-state index contributed by atoms with van der Waals surface area (Å²) < 4.78 is 71.3. The molecule has 0 unspecified atom stereocenters. The Hall–Kier alpha value is -2.95. The van der Waals surface area contributed by atoms with Crippen LogP contribution in [-0.4, -0.2) is 0 Å². The van der Waals surface area contributed by atoms with Crippen molar-refractivity contribution in [1.29, 1.82) is 0 Å². The fourth-order valence-corrected chi connectivity index (χ4v) is 3.30. The van der Waals surface area contributed by atoms with E-state index in [0.29, 0.717) is 5.56 Å². The summed E-state index contributed by atoms with van der Waals surface area (Å²) in [6, 6.07) is 8.82. The number of rotatable bonds is 5. The van der Waals surface area contributed by atoms with Crippen molar-refractivity contribution in [3.05, 3.63) is 100 Å². The second-order valence-corrected chi connectivity index (χ2v) is 7.12. The molecule has 0 spiro atoms. The van der Waals surface area contributed by atoms with Gasteiger partial charge < -0.3 is 0 Å². The van der Waals surface area contributed by atoms with E-state index in [1.165, 1.54) is 19.1 Å². The Kier molecular flexibility index (Phi) is 5.87. The topological polar surface area (TPSA) is 0 Å². The maximum absolute atomic E-state index is 14.5. The van der Waals surface area contributed by atoms with E-state index < -0.39 is 29.1 Å². The Morgan fingerprint density at radius 1 is 0.759 bits per heavy atom. The lowest BCUT2D eigenvalue weighted by atomic mass is 9.97. The molecule has 3 aromatic carbocycles. The second-order valence-electron chi connectivity index (χ2n) is 7.12. The van der Waals surface area contributed by atoms with Gasteiger partial charge in [0.1, 0.15) is 29.1 Å². The second kappa shape index (κ2) is 8.19. The summed E-state index contributed by atoms with van der Waals surface area (Å²) in [7, 11) is 0. The first-order valence-electron chi connectivity index (χ1n) is 9.05. The Morgan fingerprint density at radius 2 is 1.34 bits per heavy atom. The smallest absolute Gasteiger partial charge is 0.133 e. The maximum Gasteiger partial charge on any atom is 0.133 e. The van der Waals surface area contributed by atoms with Crippen LogP contribution in [0.25, 0.3) is 16.7 Å². The summed E-state index contributed by atoms with van der Waals surface area (Å²) in [5, 5.41) is 0. The van der Waals surface area contributed by atoms with Crippen LogP contribution in [-0.2, 0) is 12.8 Å². The van der Waals surface area contributed by atoms with Gasteiger partial charge in [-0.15, -0.1) is 0 Å². The highest BCUT2D eigenvalue weighted by atomic mass is 19.1. The Morgan fingerprint density at radius 3 is 1.86 bits per heavy atom. The van der Waals surface area contributed by atoms with Crippen LogP contribution in [0.2, 0.25) is 0 Å². The number of halogens is 5. The lowest BCUT2D eigenvalue weighted by Crippen LogP contribution is -2.02. The molecule has 3 aromatic rings. The predicted octanol–water partition coefficient (Wildman–Crippen LogP) is 7.18. The van der Waals surface area contributed by atoms with Crippen LogP contribution >= 0.6 is 0 Å². The molecule has 0 atom stereocenters. The van der Waals surface area contributed by atoms with Crippen molar-refractivity contribution in [2.24, 2.45) is 0 Å². The first kappa shape index (κ1) is 20.8. The van der Waals surface area contributed by atoms with Crippen molar-refractivity contribution in [2.45, 2.75) is 26.7 Å². The Bertz CT molecular complexity index is 1050. The van der Waals surface area contributed by atoms with Crippen molar-refractivity contribution in [2.75, 3.05) is 0 Å². The third-order valence-electron chi connectivity index (χ3n) is 4.77. The van der Waals surface area contributed by atoms with Gasteiger partial charge in [-0.05, 0) is 79.3 Å². The zero-order chi connectivity index (χ0) is 21.3. The molecule has 0 aliphatic heterocycles. The molecule has 0 aliphatic rings. The molecule has 0 fully saturated rings. The Balaban J connectivity index is 1.87. The third kappa shape index (κ3) is 4.39. The van der Waals surface area contributed by atoms with Crippen molar-refractivity contribution < 1.29 is 22.0 Å².